The van der Waals surface area contributed by atoms with Gasteiger partial charge in [0.25, 0.3) is 5.91 Å². The highest BCUT2D eigenvalue weighted by Gasteiger charge is 2.48. The number of nitrogens with one attached hydrogen (secondary N) is 1. The number of anilines is 2. The number of morpholine rings is 1. The SMILES string of the molecule is Cn1nccc1Nc1nccc(-c2cc3c(s2)C(C)(C)N(CCN2CCOC4CC42)C3=O)n1. The minimum absolute atomic E-state index is 0.111. The fourth-order valence-corrected chi connectivity index (χ4v) is 6.15. The normalized spacial score (nSPS) is 23.5. The molecule has 1 aliphatic carbocycles. The maximum atomic E-state index is 13.4. The summed E-state index contributed by atoms with van der Waals surface area (Å²) in [5, 5.41) is 7.35. The molecule has 2 unspecified atom stereocenters. The Morgan fingerprint density at radius 1 is 1.27 bits per heavy atom. The van der Waals surface area contributed by atoms with Crippen molar-refractivity contribution in [3.8, 4) is 10.6 Å². The van der Waals surface area contributed by atoms with E-state index in [1.165, 1.54) is 0 Å². The molecule has 0 bridgehead atoms. The number of aryl methyl sites for hydroxylation is 1. The zero-order chi connectivity index (χ0) is 22.7. The van der Waals surface area contributed by atoms with Crippen molar-refractivity contribution < 1.29 is 9.53 Å². The van der Waals surface area contributed by atoms with Crippen molar-refractivity contribution in [3.63, 3.8) is 0 Å². The fraction of sp³-hybridized carbons (Fsp3) is 0.478. The molecule has 2 aliphatic heterocycles. The second-order valence-electron chi connectivity index (χ2n) is 9.35. The third-order valence-corrected chi connectivity index (χ3v) is 8.37. The summed E-state index contributed by atoms with van der Waals surface area (Å²) in [5.74, 6) is 1.42. The molecule has 1 saturated heterocycles. The Labute approximate surface area is 196 Å². The lowest BCUT2D eigenvalue weighted by molar-refractivity contribution is 0.0217. The first-order chi connectivity index (χ1) is 15.9. The number of carbonyl (C=O) groups excluding carboxylic acids is 1. The zero-order valence-electron chi connectivity index (χ0n) is 19.0. The molecule has 1 saturated carbocycles. The van der Waals surface area contributed by atoms with Crippen LogP contribution in [-0.2, 0) is 17.3 Å². The number of fused-ring (bicyclic) bond motifs is 2. The molecule has 1 N–H and O–H groups in total. The third-order valence-electron chi connectivity index (χ3n) is 6.90. The Morgan fingerprint density at radius 2 is 2.15 bits per heavy atom. The second kappa shape index (κ2) is 7.61. The molecule has 2 atom stereocenters. The van der Waals surface area contributed by atoms with E-state index in [4.69, 9.17) is 4.74 Å². The van der Waals surface area contributed by atoms with Crippen molar-refractivity contribution in [2.24, 2.45) is 7.05 Å². The molecule has 3 aliphatic rings. The molecule has 2 fully saturated rings. The summed E-state index contributed by atoms with van der Waals surface area (Å²) in [6.07, 6.45) is 5.00. The first-order valence-electron chi connectivity index (χ1n) is 11.3. The Kier molecular flexibility index (Phi) is 4.79. The molecule has 3 aromatic rings. The number of carbonyl (C=O) groups is 1. The van der Waals surface area contributed by atoms with Crippen molar-refractivity contribution >= 4 is 29.0 Å². The lowest BCUT2D eigenvalue weighted by Crippen LogP contribution is -2.46. The van der Waals surface area contributed by atoms with Crippen molar-refractivity contribution in [1.82, 2.24) is 29.5 Å². The van der Waals surface area contributed by atoms with Gasteiger partial charge in [-0.2, -0.15) is 5.10 Å². The number of thiophene rings is 1. The standard InChI is InChI=1S/C23H27N7O2S/c1-23(2)20-14(21(31)30(23)9-8-29-10-11-32-17-13-16(17)29)12-18(33-20)15-4-6-24-22(26-15)27-19-5-7-25-28(19)3/h4-7,12,16-17H,8-11,13H2,1-3H3,(H,24,26,27). The largest absolute Gasteiger partial charge is 0.375 e. The van der Waals surface area contributed by atoms with Gasteiger partial charge in [0.1, 0.15) is 5.82 Å². The molecular formula is C23H27N7O2S. The minimum atomic E-state index is -0.340. The van der Waals surface area contributed by atoms with Crippen molar-refractivity contribution in [2.75, 3.05) is 31.6 Å². The number of hydrogen-bond acceptors (Lipinski definition) is 8. The molecule has 10 heteroatoms. The Bertz CT molecular complexity index is 1220. The van der Waals surface area contributed by atoms with Crippen LogP contribution in [0.15, 0.2) is 30.6 Å². The highest BCUT2D eigenvalue weighted by molar-refractivity contribution is 7.16. The van der Waals surface area contributed by atoms with Gasteiger partial charge >= 0.3 is 0 Å². The first-order valence-corrected chi connectivity index (χ1v) is 12.1. The van der Waals surface area contributed by atoms with Crippen LogP contribution in [0.25, 0.3) is 10.6 Å². The quantitative estimate of drug-likeness (QED) is 0.599. The van der Waals surface area contributed by atoms with E-state index in [-0.39, 0.29) is 11.4 Å². The number of ether oxygens (including phenoxy) is 1. The van der Waals surface area contributed by atoms with E-state index in [1.807, 2.05) is 30.1 Å². The maximum absolute atomic E-state index is 13.4. The van der Waals surface area contributed by atoms with Gasteiger partial charge in [0.2, 0.25) is 5.95 Å². The monoisotopic (exact) mass is 465 g/mol. The lowest BCUT2D eigenvalue weighted by atomic mass is 10.0. The van der Waals surface area contributed by atoms with Crippen LogP contribution in [0.1, 0.15) is 35.5 Å². The summed E-state index contributed by atoms with van der Waals surface area (Å²) in [4.78, 5) is 29.0. The van der Waals surface area contributed by atoms with Crippen LogP contribution in [0.2, 0.25) is 0 Å². The summed E-state index contributed by atoms with van der Waals surface area (Å²) < 4.78 is 7.44. The maximum Gasteiger partial charge on any atom is 0.255 e. The predicted octanol–water partition coefficient (Wildman–Crippen LogP) is 2.85. The average molecular weight is 466 g/mol. The highest BCUT2D eigenvalue weighted by Crippen LogP contribution is 2.46. The Hall–Kier alpha value is -2.82. The molecular weight excluding hydrogens is 438 g/mol. The molecule has 3 aromatic heterocycles. The van der Waals surface area contributed by atoms with Crippen molar-refractivity contribution in [3.05, 3.63) is 41.0 Å². The predicted molar refractivity (Wildman–Crippen MR) is 126 cm³/mol. The number of aromatic nitrogens is 4. The number of nitrogens with zero attached hydrogens (tertiary/aromatic N) is 6. The molecule has 9 nitrogen and oxygen atoms in total. The van der Waals surface area contributed by atoms with Crippen LogP contribution in [0.5, 0.6) is 0 Å². The number of rotatable bonds is 6. The number of amides is 1. The Balaban J connectivity index is 1.21. The number of hydrogen-bond donors (Lipinski definition) is 1. The van der Waals surface area contributed by atoms with E-state index < -0.39 is 0 Å². The van der Waals surface area contributed by atoms with Gasteiger partial charge in [-0.3, -0.25) is 14.4 Å². The third kappa shape index (κ3) is 3.53. The van der Waals surface area contributed by atoms with Gasteiger partial charge in [-0.25, -0.2) is 9.97 Å². The Morgan fingerprint density at radius 3 is 2.94 bits per heavy atom. The van der Waals surface area contributed by atoms with Crippen LogP contribution in [0, 0.1) is 0 Å². The molecule has 33 heavy (non-hydrogen) atoms. The molecule has 6 rings (SSSR count). The van der Waals surface area contributed by atoms with Gasteiger partial charge in [-0.15, -0.1) is 11.3 Å². The van der Waals surface area contributed by atoms with Crippen LogP contribution in [0.4, 0.5) is 11.8 Å². The smallest absolute Gasteiger partial charge is 0.255 e. The summed E-state index contributed by atoms with van der Waals surface area (Å²) >= 11 is 1.65. The highest BCUT2D eigenvalue weighted by atomic mass is 32.1. The van der Waals surface area contributed by atoms with Crippen molar-refractivity contribution in [2.45, 2.75) is 38.0 Å². The minimum Gasteiger partial charge on any atom is -0.375 e. The van der Waals surface area contributed by atoms with E-state index in [9.17, 15) is 4.79 Å². The first kappa shape index (κ1) is 20.8. The summed E-state index contributed by atoms with van der Waals surface area (Å²) in [5.41, 5.74) is 1.26. The molecule has 172 valence electrons. The van der Waals surface area contributed by atoms with Crippen LogP contribution in [0.3, 0.4) is 0 Å². The van der Waals surface area contributed by atoms with Gasteiger partial charge in [0, 0.05) is 49.9 Å². The van der Waals surface area contributed by atoms with Gasteiger partial charge < -0.3 is 15.0 Å². The van der Waals surface area contributed by atoms with E-state index in [1.54, 1.807) is 28.4 Å². The van der Waals surface area contributed by atoms with E-state index in [0.717, 1.165) is 59.5 Å². The van der Waals surface area contributed by atoms with Crippen LogP contribution >= 0.6 is 11.3 Å². The average Bonchev–Trinajstić information content (AvgIpc) is 3.21. The summed E-state index contributed by atoms with van der Waals surface area (Å²) in [6, 6.07) is 6.29. The molecule has 5 heterocycles. The molecule has 0 radical (unpaired) electrons. The van der Waals surface area contributed by atoms with E-state index in [2.05, 4.69) is 39.1 Å². The van der Waals surface area contributed by atoms with Gasteiger partial charge in [0.15, 0.2) is 0 Å². The van der Waals surface area contributed by atoms with Crippen molar-refractivity contribution in [1.29, 1.82) is 0 Å². The fourth-order valence-electron chi connectivity index (χ4n) is 4.92. The molecule has 1 amide bonds. The van der Waals surface area contributed by atoms with Crippen LogP contribution in [-0.4, -0.2) is 73.8 Å². The lowest BCUT2D eigenvalue weighted by Gasteiger charge is -2.35. The van der Waals surface area contributed by atoms with Gasteiger partial charge in [-0.05, 0) is 32.4 Å². The molecule has 0 spiro atoms. The van der Waals surface area contributed by atoms with Crippen LogP contribution < -0.4 is 5.32 Å². The van der Waals surface area contributed by atoms with E-state index in [0.29, 0.717) is 18.1 Å². The topological polar surface area (TPSA) is 88.4 Å². The second-order valence-corrected chi connectivity index (χ2v) is 10.4. The molecule has 0 aromatic carbocycles. The van der Waals surface area contributed by atoms with E-state index >= 15 is 0 Å². The van der Waals surface area contributed by atoms with Gasteiger partial charge in [0.05, 0.1) is 40.6 Å². The summed E-state index contributed by atoms with van der Waals surface area (Å²) in [6.45, 7) is 7.68. The van der Waals surface area contributed by atoms with Gasteiger partial charge in [-0.1, -0.05) is 0 Å². The summed E-state index contributed by atoms with van der Waals surface area (Å²) in [7, 11) is 1.86. The zero-order valence-corrected chi connectivity index (χ0v) is 19.8.